The molecular formula is C10H16ClN3O. The zero-order valence-electron chi connectivity index (χ0n) is 9.11. The summed E-state index contributed by atoms with van der Waals surface area (Å²) in [7, 11) is 0. The largest absolute Gasteiger partial charge is 0.406 e. The summed E-state index contributed by atoms with van der Waals surface area (Å²) in [6.07, 6.45) is 3.53. The van der Waals surface area contributed by atoms with Crippen molar-refractivity contribution in [3.05, 3.63) is 5.89 Å². The Balaban J connectivity index is 2.14. The Morgan fingerprint density at radius 2 is 2.40 bits per heavy atom. The molecule has 2 atom stereocenters. The van der Waals surface area contributed by atoms with Gasteiger partial charge in [-0.2, -0.15) is 0 Å². The molecule has 0 aromatic carbocycles. The minimum atomic E-state index is -0.214. The van der Waals surface area contributed by atoms with Crippen molar-refractivity contribution < 1.29 is 4.42 Å². The molecule has 2 heterocycles. The molecule has 0 spiro atoms. The first-order chi connectivity index (χ1) is 7.22. The van der Waals surface area contributed by atoms with Crippen LogP contribution in [0.2, 0.25) is 0 Å². The summed E-state index contributed by atoms with van der Waals surface area (Å²) < 4.78 is 5.53. The summed E-state index contributed by atoms with van der Waals surface area (Å²) in [6.45, 7) is 5.03. The topological polar surface area (TPSA) is 42.2 Å². The van der Waals surface area contributed by atoms with E-state index in [0.717, 1.165) is 13.0 Å². The third-order valence-electron chi connectivity index (χ3n) is 2.86. The van der Waals surface area contributed by atoms with Gasteiger partial charge in [-0.25, -0.2) is 0 Å². The molecule has 1 aliphatic rings. The Kier molecular flexibility index (Phi) is 3.14. The van der Waals surface area contributed by atoms with Crippen molar-refractivity contribution in [3.63, 3.8) is 0 Å². The van der Waals surface area contributed by atoms with Crippen LogP contribution in [-0.2, 0) is 0 Å². The molecule has 0 radical (unpaired) electrons. The van der Waals surface area contributed by atoms with Crippen molar-refractivity contribution in [1.82, 2.24) is 10.2 Å². The highest BCUT2D eigenvalue weighted by Crippen LogP contribution is 2.28. The quantitative estimate of drug-likeness (QED) is 0.748. The lowest BCUT2D eigenvalue weighted by Gasteiger charge is -2.20. The third kappa shape index (κ3) is 2.09. The Hall–Kier alpha value is -0.770. The first-order valence-corrected chi connectivity index (χ1v) is 5.90. The maximum atomic E-state index is 5.88. The molecule has 1 aromatic rings. The number of nitrogens with zero attached hydrogens (tertiary/aromatic N) is 3. The van der Waals surface area contributed by atoms with Gasteiger partial charge in [0, 0.05) is 12.6 Å². The van der Waals surface area contributed by atoms with Crippen molar-refractivity contribution in [2.75, 3.05) is 11.4 Å². The molecule has 1 aromatic heterocycles. The van der Waals surface area contributed by atoms with E-state index in [4.69, 9.17) is 16.0 Å². The van der Waals surface area contributed by atoms with E-state index in [1.54, 1.807) is 0 Å². The van der Waals surface area contributed by atoms with Gasteiger partial charge in [0.15, 0.2) is 0 Å². The lowest BCUT2D eigenvalue weighted by Crippen LogP contribution is -2.28. The monoisotopic (exact) mass is 229 g/mol. The number of rotatable bonds is 3. The highest BCUT2D eigenvalue weighted by Gasteiger charge is 2.27. The van der Waals surface area contributed by atoms with Gasteiger partial charge in [-0.05, 0) is 26.2 Å². The maximum Gasteiger partial charge on any atom is 0.318 e. The molecule has 0 N–H and O–H groups in total. The summed E-state index contributed by atoms with van der Waals surface area (Å²) in [5.41, 5.74) is 0. The van der Waals surface area contributed by atoms with E-state index in [-0.39, 0.29) is 5.38 Å². The molecule has 0 amide bonds. The number of aromatic nitrogens is 2. The second-order valence-electron chi connectivity index (χ2n) is 3.94. The van der Waals surface area contributed by atoms with Crippen LogP contribution >= 0.6 is 11.6 Å². The van der Waals surface area contributed by atoms with Crippen LogP contribution in [0.3, 0.4) is 0 Å². The Morgan fingerprint density at radius 3 is 3.00 bits per heavy atom. The summed E-state index contributed by atoms with van der Waals surface area (Å²) >= 11 is 5.88. The van der Waals surface area contributed by atoms with Gasteiger partial charge in [-0.15, -0.1) is 16.7 Å². The first kappa shape index (κ1) is 10.7. The lowest BCUT2D eigenvalue weighted by molar-refractivity contribution is 0.474. The fraction of sp³-hybridized carbons (Fsp3) is 0.800. The summed E-state index contributed by atoms with van der Waals surface area (Å²) in [6, 6.07) is 1.17. The number of alkyl halides is 1. The molecule has 1 aliphatic heterocycles. The number of anilines is 1. The van der Waals surface area contributed by atoms with Crippen LogP contribution in [0, 0.1) is 0 Å². The molecule has 2 unspecified atom stereocenters. The van der Waals surface area contributed by atoms with Gasteiger partial charge in [-0.1, -0.05) is 12.0 Å². The van der Waals surface area contributed by atoms with Crippen molar-refractivity contribution in [2.45, 2.75) is 44.5 Å². The van der Waals surface area contributed by atoms with E-state index >= 15 is 0 Å². The zero-order chi connectivity index (χ0) is 10.8. The molecule has 1 fully saturated rings. The molecule has 2 rings (SSSR count). The predicted octanol–water partition coefficient (Wildman–Crippen LogP) is 2.75. The average molecular weight is 230 g/mol. The predicted molar refractivity (Wildman–Crippen MR) is 59.2 cm³/mol. The number of hydrogen-bond donors (Lipinski definition) is 0. The van der Waals surface area contributed by atoms with Gasteiger partial charge >= 0.3 is 6.01 Å². The van der Waals surface area contributed by atoms with E-state index in [9.17, 15) is 0 Å². The maximum absolute atomic E-state index is 5.88. The fourth-order valence-electron chi connectivity index (χ4n) is 2.02. The summed E-state index contributed by atoms with van der Waals surface area (Å²) in [5, 5.41) is 7.77. The van der Waals surface area contributed by atoms with Crippen LogP contribution in [0.15, 0.2) is 4.42 Å². The van der Waals surface area contributed by atoms with Crippen molar-refractivity contribution in [1.29, 1.82) is 0 Å². The van der Waals surface area contributed by atoms with E-state index < -0.39 is 0 Å². The minimum absolute atomic E-state index is 0.214. The van der Waals surface area contributed by atoms with Crippen molar-refractivity contribution >= 4 is 17.6 Å². The number of hydrogen-bond acceptors (Lipinski definition) is 4. The second kappa shape index (κ2) is 4.39. The fourth-order valence-corrected chi connectivity index (χ4v) is 2.10. The van der Waals surface area contributed by atoms with E-state index in [1.165, 1.54) is 12.8 Å². The van der Waals surface area contributed by atoms with E-state index in [1.807, 2.05) is 6.92 Å². The molecule has 1 saturated heterocycles. The van der Waals surface area contributed by atoms with E-state index in [2.05, 4.69) is 22.0 Å². The molecule has 84 valence electrons. The van der Waals surface area contributed by atoms with Crippen molar-refractivity contribution in [2.24, 2.45) is 0 Å². The average Bonchev–Trinajstić information content (AvgIpc) is 2.85. The molecule has 0 bridgehead atoms. The van der Waals surface area contributed by atoms with Crippen LogP contribution in [0.1, 0.15) is 44.4 Å². The van der Waals surface area contributed by atoms with Crippen LogP contribution < -0.4 is 4.90 Å². The van der Waals surface area contributed by atoms with Gasteiger partial charge in [0.1, 0.15) is 5.38 Å². The molecule has 0 aliphatic carbocycles. The minimum Gasteiger partial charge on any atom is -0.406 e. The Bertz CT molecular complexity index is 326. The van der Waals surface area contributed by atoms with Gasteiger partial charge in [0.05, 0.1) is 0 Å². The first-order valence-electron chi connectivity index (χ1n) is 5.46. The van der Waals surface area contributed by atoms with Gasteiger partial charge in [0.25, 0.3) is 0 Å². The summed E-state index contributed by atoms with van der Waals surface area (Å²) in [5.74, 6) is 0.508. The molecular weight excluding hydrogens is 214 g/mol. The van der Waals surface area contributed by atoms with E-state index in [0.29, 0.717) is 17.9 Å². The lowest BCUT2D eigenvalue weighted by atomic mass is 10.2. The van der Waals surface area contributed by atoms with Crippen LogP contribution in [0.25, 0.3) is 0 Å². The Labute approximate surface area is 94.6 Å². The highest BCUT2D eigenvalue weighted by atomic mass is 35.5. The SMILES string of the molecule is CCC1CCCN1c1nnc(C(C)Cl)o1. The standard InChI is InChI=1S/C10H16ClN3O/c1-3-8-5-4-6-14(8)10-13-12-9(15-10)7(2)11/h7-8H,3-6H2,1-2H3. The van der Waals surface area contributed by atoms with Gasteiger partial charge < -0.3 is 9.32 Å². The highest BCUT2D eigenvalue weighted by molar-refractivity contribution is 6.20. The van der Waals surface area contributed by atoms with Gasteiger partial charge in [0.2, 0.25) is 5.89 Å². The van der Waals surface area contributed by atoms with Gasteiger partial charge in [-0.3, -0.25) is 0 Å². The zero-order valence-corrected chi connectivity index (χ0v) is 9.87. The smallest absolute Gasteiger partial charge is 0.318 e. The molecule has 15 heavy (non-hydrogen) atoms. The summed E-state index contributed by atoms with van der Waals surface area (Å²) in [4.78, 5) is 2.19. The number of halogens is 1. The third-order valence-corrected chi connectivity index (χ3v) is 3.05. The van der Waals surface area contributed by atoms with Crippen LogP contribution in [-0.4, -0.2) is 22.8 Å². The Morgan fingerprint density at radius 1 is 1.60 bits per heavy atom. The van der Waals surface area contributed by atoms with Crippen LogP contribution in [0.5, 0.6) is 0 Å². The molecule has 4 nitrogen and oxygen atoms in total. The second-order valence-corrected chi connectivity index (χ2v) is 4.59. The van der Waals surface area contributed by atoms with Crippen LogP contribution in [0.4, 0.5) is 6.01 Å². The van der Waals surface area contributed by atoms with Crippen molar-refractivity contribution in [3.8, 4) is 0 Å². The molecule has 5 heteroatoms. The molecule has 0 saturated carbocycles. The normalized spacial score (nSPS) is 23.4.